The zero-order valence-corrected chi connectivity index (χ0v) is 23.0. The Morgan fingerprint density at radius 1 is 0.921 bits per heavy atom. The van der Waals surface area contributed by atoms with E-state index in [0.29, 0.717) is 19.5 Å². The Morgan fingerprint density at radius 2 is 1.47 bits per heavy atom. The number of carbonyl (C=O) groups excluding carboxylic acids is 6. The number of nitrogens with zero attached hydrogens (tertiary/aromatic N) is 1. The van der Waals surface area contributed by atoms with Gasteiger partial charge in [0, 0.05) is 58.6 Å². The van der Waals surface area contributed by atoms with Crippen molar-refractivity contribution in [1.82, 2.24) is 26.2 Å². The monoisotopic (exact) mass is 561 g/mol. The summed E-state index contributed by atoms with van der Waals surface area (Å²) in [7, 11) is 0. The van der Waals surface area contributed by atoms with Crippen molar-refractivity contribution in [1.29, 1.82) is 0 Å². The zero-order chi connectivity index (χ0) is 28.3. The highest BCUT2D eigenvalue weighted by Gasteiger charge is 2.37. The first-order chi connectivity index (χ1) is 18.2. The van der Waals surface area contributed by atoms with Crippen LogP contribution < -0.4 is 21.3 Å². The van der Waals surface area contributed by atoms with Gasteiger partial charge in [-0.15, -0.1) is 0 Å². The van der Waals surface area contributed by atoms with Crippen LogP contribution in [0.4, 0.5) is 9.59 Å². The van der Waals surface area contributed by atoms with E-state index in [4.69, 9.17) is 14.2 Å². The second-order valence-corrected chi connectivity index (χ2v) is 9.16. The van der Waals surface area contributed by atoms with Gasteiger partial charge in [0.25, 0.3) is 0 Å². The Bertz CT molecular complexity index is 792. The number of hydrogen-bond acceptors (Lipinski definition) is 10. The average molecular weight is 562 g/mol. The molecule has 0 radical (unpaired) electrons. The van der Waals surface area contributed by atoms with E-state index in [1.165, 1.54) is 11.8 Å². The fraction of sp³-hybridized carbons (Fsp3) is 0.739. The number of imide groups is 1. The van der Waals surface area contributed by atoms with Crippen molar-refractivity contribution >= 4 is 47.6 Å². The van der Waals surface area contributed by atoms with Crippen LogP contribution in [0.3, 0.4) is 0 Å². The second kappa shape index (κ2) is 19.1. The fourth-order valence-corrected chi connectivity index (χ4v) is 3.86. The number of ether oxygens (including phenoxy) is 3. The molecule has 4 N–H and O–H groups in total. The summed E-state index contributed by atoms with van der Waals surface area (Å²) in [4.78, 5) is 72.1. The molecular weight excluding hydrogens is 522 g/mol. The topological polar surface area (TPSA) is 181 Å². The van der Waals surface area contributed by atoms with Gasteiger partial charge in [-0.3, -0.25) is 24.1 Å². The molecule has 0 bridgehead atoms. The molecular formula is C23H39N5O9S. The Morgan fingerprint density at radius 3 is 1.97 bits per heavy atom. The van der Waals surface area contributed by atoms with E-state index in [1.54, 1.807) is 20.1 Å². The van der Waals surface area contributed by atoms with Crippen molar-refractivity contribution in [2.45, 2.75) is 50.9 Å². The minimum Gasteiger partial charge on any atom is -0.447 e. The van der Waals surface area contributed by atoms with Gasteiger partial charge in [0.2, 0.25) is 23.6 Å². The lowest BCUT2D eigenvalue weighted by Gasteiger charge is -2.18. The molecule has 38 heavy (non-hydrogen) atoms. The van der Waals surface area contributed by atoms with Crippen LogP contribution in [0.25, 0.3) is 0 Å². The van der Waals surface area contributed by atoms with Gasteiger partial charge in [0.05, 0.1) is 5.25 Å². The normalized spacial score (nSPS) is 14.8. The molecule has 1 atom stereocenters. The number of thioether (sulfide) groups is 1. The minimum atomic E-state index is -0.698. The molecule has 15 heteroatoms. The fourth-order valence-electron chi connectivity index (χ4n) is 3.22. The first kappa shape index (κ1) is 33.0. The summed E-state index contributed by atoms with van der Waals surface area (Å²) in [5, 5.41) is 9.90. The molecule has 6 amide bonds. The summed E-state index contributed by atoms with van der Waals surface area (Å²) >= 11 is 1.32. The van der Waals surface area contributed by atoms with Crippen LogP contribution in [0.5, 0.6) is 0 Å². The van der Waals surface area contributed by atoms with Crippen molar-refractivity contribution in [3.63, 3.8) is 0 Å². The Balaban J connectivity index is 2.21. The second-order valence-electron chi connectivity index (χ2n) is 8.12. The number of likely N-dealkylation sites (tertiary alicyclic amines) is 1. The molecule has 1 aliphatic rings. The van der Waals surface area contributed by atoms with Gasteiger partial charge < -0.3 is 35.5 Å². The van der Waals surface area contributed by atoms with Crippen LogP contribution in [-0.4, -0.2) is 111 Å². The molecule has 0 saturated carbocycles. The summed E-state index contributed by atoms with van der Waals surface area (Å²) in [5.74, 6) is -1.10. The van der Waals surface area contributed by atoms with Gasteiger partial charge in [-0.1, -0.05) is 0 Å². The maximum atomic E-state index is 12.1. The minimum absolute atomic E-state index is 0.00132. The third kappa shape index (κ3) is 13.5. The van der Waals surface area contributed by atoms with Gasteiger partial charge in [0.1, 0.15) is 19.3 Å². The number of nitrogens with one attached hydrogen (secondary N) is 4. The summed E-state index contributed by atoms with van der Waals surface area (Å²) in [5.41, 5.74) is 0. The van der Waals surface area contributed by atoms with Crippen LogP contribution >= 0.6 is 11.8 Å². The van der Waals surface area contributed by atoms with Gasteiger partial charge in [-0.25, -0.2) is 9.59 Å². The first-order valence-corrected chi connectivity index (χ1v) is 13.8. The van der Waals surface area contributed by atoms with Crippen LogP contribution in [0.2, 0.25) is 0 Å². The van der Waals surface area contributed by atoms with Gasteiger partial charge >= 0.3 is 12.2 Å². The lowest BCUT2D eigenvalue weighted by atomic mass is 10.3. The number of amides is 6. The molecule has 216 valence electrons. The van der Waals surface area contributed by atoms with Gasteiger partial charge in [-0.2, -0.15) is 11.8 Å². The molecule has 14 nitrogen and oxygen atoms in total. The molecule has 0 aromatic carbocycles. The maximum Gasteiger partial charge on any atom is 0.407 e. The van der Waals surface area contributed by atoms with Crippen LogP contribution in [0.15, 0.2) is 0 Å². The predicted octanol–water partition coefficient (Wildman–Crippen LogP) is -0.243. The maximum absolute atomic E-state index is 12.1. The van der Waals surface area contributed by atoms with Crippen molar-refractivity contribution in [2.75, 3.05) is 58.8 Å². The van der Waals surface area contributed by atoms with Gasteiger partial charge in [-0.05, 0) is 26.5 Å². The number of rotatable bonds is 18. The first-order valence-electron chi connectivity index (χ1n) is 12.5. The van der Waals surface area contributed by atoms with Crippen molar-refractivity contribution in [3.05, 3.63) is 0 Å². The summed E-state index contributed by atoms with van der Waals surface area (Å²) in [6.45, 7) is 4.65. The number of carbonyl (C=O) groups is 6. The zero-order valence-electron chi connectivity index (χ0n) is 22.2. The summed E-state index contributed by atoms with van der Waals surface area (Å²) in [6.07, 6.45) is 0.515. The largest absolute Gasteiger partial charge is 0.447 e. The van der Waals surface area contributed by atoms with E-state index in [2.05, 4.69) is 21.3 Å². The van der Waals surface area contributed by atoms with Crippen LogP contribution in [-0.2, 0) is 33.4 Å². The van der Waals surface area contributed by atoms with Crippen molar-refractivity contribution < 1.29 is 43.0 Å². The molecule has 1 heterocycles. The SMILES string of the molecule is CCNC(=O)OCC(COC(=O)NCC)OCCCC(=O)NCCNC(=O)CCN1C(=O)CC(SC)C1=O. The average Bonchev–Trinajstić information content (AvgIpc) is 3.16. The quantitative estimate of drug-likeness (QED) is 0.129. The molecule has 0 aromatic rings. The van der Waals surface area contributed by atoms with Crippen molar-refractivity contribution in [2.24, 2.45) is 0 Å². The summed E-state index contributed by atoms with van der Waals surface area (Å²) < 4.78 is 15.7. The lowest BCUT2D eigenvalue weighted by molar-refractivity contribution is -0.138. The molecule has 1 fully saturated rings. The molecule has 0 aliphatic carbocycles. The van der Waals surface area contributed by atoms with Crippen LogP contribution in [0, 0.1) is 0 Å². The standard InChI is InChI=1S/C23H39N5O9S/c1-4-24-22(33)36-14-16(15-37-23(34)25-5-2)35-12-6-7-18(29)26-9-10-27-19(30)8-11-28-20(31)13-17(38-3)21(28)32/h16-17H,4-15H2,1-3H3,(H,24,33)(H,25,34)(H,26,29)(H,27,30). The molecule has 0 aromatic heterocycles. The van der Waals surface area contributed by atoms with E-state index >= 15 is 0 Å². The lowest BCUT2D eigenvalue weighted by Crippen LogP contribution is -2.38. The van der Waals surface area contributed by atoms with E-state index < -0.39 is 18.3 Å². The summed E-state index contributed by atoms with van der Waals surface area (Å²) in [6, 6.07) is 0. The van der Waals surface area contributed by atoms with Gasteiger partial charge in [0.15, 0.2) is 0 Å². The Hall–Kier alpha value is -3.07. The molecule has 1 saturated heterocycles. The van der Waals surface area contributed by atoms with E-state index in [0.717, 1.165) is 4.90 Å². The van der Waals surface area contributed by atoms with E-state index in [1.807, 2.05) is 0 Å². The highest BCUT2D eigenvalue weighted by atomic mass is 32.2. The van der Waals surface area contributed by atoms with Crippen molar-refractivity contribution in [3.8, 4) is 0 Å². The number of hydrogen-bond donors (Lipinski definition) is 4. The third-order valence-corrected chi connectivity index (χ3v) is 6.10. The van der Waals surface area contributed by atoms with E-state index in [-0.39, 0.29) is 87.6 Å². The molecule has 0 spiro atoms. The smallest absolute Gasteiger partial charge is 0.407 e. The molecule has 1 aliphatic heterocycles. The molecule has 1 rings (SSSR count). The Kier molecular flexibility index (Phi) is 16.5. The van der Waals surface area contributed by atoms with Crippen LogP contribution in [0.1, 0.15) is 39.5 Å². The third-order valence-electron chi connectivity index (χ3n) is 5.16. The highest BCUT2D eigenvalue weighted by molar-refractivity contribution is 8.00. The van der Waals surface area contributed by atoms with E-state index in [9.17, 15) is 28.8 Å². The Labute approximate surface area is 226 Å². The highest BCUT2D eigenvalue weighted by Crippen LogP contribution is 2.22. The predicted molar refractivity (Wildman–Crippen MR) is 138 cm³/mol. The molecule has 1 unspecified atom stereocenters. The number of alkyl carbamates (subject to hydrolysis) is 2.